The van der Waals surface area contributed by atoms with Crippen molar-refractivity contribution in [3.05, 3.63) is 52.0 Å². The summed E-state index contributed by atoms with van der Waals surface area (Å²) in [5, 5.41) is 3.38. The Morgan fingerprint density at radius 1 is 1.24 bits per heavy atom. The molecular weight excluding hydrogens is 297 g/mol. The lowest BCUT2D eigenvalue weighted by atomic mass is 10.0. The lowest BCUT2D eigenvalue weighted by molar-refractivity contribution is -0.137. The normalized spacial score (nSPS) is 13.3. The molecule has 0 amide bonds. The van der Waals surface area contributed by atoms with Gasteiger partial charge in [0.25, 0.3) is 0 Å². The third kappa shape index (κ3) is 4.54. The van der Waals surface area contributed by atoms with Gasteiger partial charge in [-0.05, 0) is 30.7 Å². The van der Waals surface area contributed by atoms with Gasteiger partial charge < -0.3 is 5.32 Å². The number of rotatable bonds is 6. The summed E-state index contributed by atoms with van der Waals surface area (Å²) in [6.07, 6.45) is -0.784. The Kier molecular flexibility index (Phi) is 5.36. The van der Waals surface area contributed by atoms with Crippen molar-refractivity contribution in [2.75, 3.05) is 6.54 Å². The van der Waals surface area contributed by atoms with E-state index in [1.54, 1.807) is 35.2 Å². The first-order valence-electron chi connectivity index (χ1n) is 6.78. The third-order valence-electron chi connectivity index (χ3n) is 3.17. The van der Waals surface area contributed by atoms with Crippen molar-refractivity contribution in [1.82, 2.24) is 10.3 Å². The van der Waals surface area contributed by atoms with E-state index >= 15 is 0 Å². The molecule has 0 aliphatic carbocycles. The van der Waals surface area contributed by atoms with Gasteiger partial charge in [0.2, 0.25) is 0 Å². The van der Waals surface area contributed by atoms with Crippen LogP contribution in [0, 0.1) is 0 Å². The van der Waals surface area contributed by atoms with Crippen LogP contribution >= 0.6 is 11.3 Å². The molecule has 2 rings (SSSR count). The zero-order chi connectivity index (χ0) is 15.3. The molecule has 1 aromatic carbocycles. The van der Waals surface area contributed by atoms with Crippen molar-refractivity contribution in [2.45, 2.75) is 32.0 Å². The topological polar surface area (TPSA) is 24.9 Å². The van der Waals surface area contributed by atoms with Crippen LogP contribution in [-0.4, -0.2) is 11.5 Å². The van der Waals surface area contributed by atoms with Crippen LogP contribution < -0.4 is 5.32 Å². The van der Waals surface area contributed by atoms with Crippen LogP contribution in [0.25, 0.3) is 0 Å². The van der Waals surface area contributed by atoms with Gasteiger partial charge in [0, 0.05) is 23.5 Å². The maximum atomic E-state index is 12.6. The van der Waals surface area contributed by atoms with Crippen molar-refractivity contribution in [1.29, 1.82) is 0 Å². The number of hydrogen-bond donors (Lipinski definition) is 1. The molecule has 1 unspecified atom stereocenters. The van der Waals surface area contributed by atoms with E-state index in [9.17, 15) is 13.2 Å². The molecule has 0 radical (unpaired) electrons. The second-order valence-electron chi connectivity index (χ2n) is 4.80. The zero-order valence-electron chi connectivity index (χ0n) is 11.7. The molecule has 0 saturated carbocycles. The predicted molar refractivity (Wildman–Crippen MR) is 78.3 cm³/mol. The lowest BCUT2D eigenvalue weighted by Gasteiger charge is -2.19. The molecule has 0 saturated heterocycles. The number of halogens is 3. The summed E-state index contributed by atoms with van der Waals surface area (Å²) in [7, 11) is 0. The van der Waals surface area contributed by atoms with Crippen LogP contribution in [0.4, 0.5) is 13.2 Å². The van der Waals surface area contributed by atoms with E-state index in [4.69, 9.17) is 0 Å². The Hall–Kier alpha value is -1.40. The van der Waals surface area contributed by atoms with Gasteiger partial charge in [-0.15, -0.1) is 11.3 Å². The van der Waals surface area contributed by atoms with Gasteiger partial charge in [-0.1, -0.05) is 19.1 Å². The number of aromatic nitrogens is 1. The number of nitrogens with zero attached hydrogens (tertiary/aromatic N) is 1. The number of benzene rings is 1. The van der Waals surface area contributed by atoms with E-state index < -0.39 is 11.7 Å². The minimum atomic E-state index is -4.29. The van der Waals surface area contributed by atoms with Gasteiger partial charge >= 0.3 is 6.18 Å². The van der Waals surface area contributed by atoms with Gasteiger partial charge in [-0.25, -0.2) is 0 Å². The second kappa shape index (κ2) is 7.04. The van der Waals surface area contributed by atoms with Crippen molar-refractivity contribution >= 4 is 11.3 Å². The Morgan fingerprint density at radius 3 is 2.48 bits per heavy atom. The van der Waals surface area contributed by atoms with Crippen molar-refractivity contribution in [3.8, 4) is 0 Å². The number of alkyl halides is 3. The molecular formula is C15H17F3N2S. The minimum Gasteiger partial charge on any atom is -0.310 e. The smallest absolute Gasteiger partial charge is 0.310 e. The van der Waals surface area contributed by atoms with Crippen LogP contribution in [0.2, 0.25) is 0 Å². The summed E-state index contributed by atoms with van der Waals surface area (Å²) < 4.78 is 37.8. The Morgan fingerprint density at radius 2 is 1.95 bits per heavy atom. The molecule has 2 aromatic rings. The molecule has 114 valence electrons. The quantitative estimate of drug-likeness (QED) is 0.852. The second-order valence-corrected chi connectivity index (χ2v) is 5.77. The molecule has 0 fully saturated rings. The Labute approximate surface area is 126 Å². The van der Waals surface area contributed by atoms with Gasteiger partial charge in [0.05, 0.1) is 11.1 Å². The molecule has 2 nitrogen and oxygen atoms in total. The summed E-state index contributed by atoms with van der Waals surface area (Å²) in [5.41, 5.74) is 2.02. The summed E-state index contributed by atoms with van der Waals surface area (Å²) in [6, 6.07) is 5.40. The van der Waals surface area contributed by atoms with Gasteiger partial charge in [0.1, 0.15) is 0 Å². The Balaban J connectivity index is 2.15. The highest BCUT2D eigenvalue weighted by Gasteiger charge is 2.30. The standard InChI is InChI=1S/C15H17F3N2S/c1-2-7-20-14(8-13-9-19-10-21-13)11-3-5-12(6-4-11)15(16,17)18/h3-6,9-10,14,20H,2,7-8H2,1H3. The number of hydrogen-bond acceptors (Lipinski definition) is 3. The van der Waals surface area contributed by atoms with Crippen LogP contribution in [0.15, 0.2) is 36.0 Å². The van der Waals surface area contributed by atoms with E-state index in [-0.39, 0.29) is 6.04 Å². The highest BCUT2D eigenvalue weighted by atomic mass is 32.1. The number of thiazole rings is 1. The first-order valence-corrected chi connectivity index (χ1v) is 7.66. The fourth-order valence-corrected chi connectivity index (χ4v) is 2.72. The molecule has 1 atom stereocenters. The van der Waals surface area contributed by atoms with E-state index in [1.807, 2.05) is 0 Å². The molecule has 1 heterocycles. The minimum absolute atomic E-state index is 0.00711. The van der Waals surface area contributed by atoms with Crippen molar-refractivity contribution < 1.29 is 13.2 Å². The molecule has 6 heteroatoms. The third-order valence-corrected chi connectivity index (χ3v) is 3.97. The van der Waals surface area contributed by atoms with Crippen molar-refractivity contribution in [3.63, 3.8) is 0 Å². The molecule has 21 heavy (non-hydrogen) atoms. The average Bonchev–Trinajstić information content (AvgIpc) is 2.95. The first kappa shape index (κ1) is 16.0. The van der Waals surface area contributed by atoms with Crippen LogP contribution in [0.5, 0.6) is 0 Å². The largest absolute Gasteiger partial charge is 0.416 e. The van der Waals surface area contributed by atoms with E-state index in [0.717, 1.165) is 42.0 Å². The first-order chi connectivity index (χ1) is 10.0. The average molecular weight is 314 g/mol. The molecule has 0 aliphatic heterocycles. The predicted octanol–water partition coefficient (Wildman–Crippen LogP) is 4.45. The Bertz CT molecular complexity index is 535. The molecule has 1 aromatic heterocycles. The highest BCUT2D eigenvalue weighted by Crippen LogP contribution is 2.30. The van der Waals surface area contributed by atoms with Crippen LogP contribution in [0.1, 0.15) is 35.4 Å². The fourth-order valence-electron chi connectivity index (χ4n) is 2.07. The summed E-state index contributed by atoms with van der Waals surface area (Å²) in [6.45, 7) is 2.88. The van der Waals surface area contributed by atoms with E-state index in [2.05, 4.69) is 17.2 Å². The van der Waals surface area contributed by atoms with Crippen LogP contribution in [0.3, 0.4) is 0 Å². The van der Waals surface area contributed by atoms with Crippen molar-refractivity contribution in [2.24, 2.45) is 0 Å². The molecule has 0 aliphatic rings. The maximum Gasteiger partial charge on any atom is 0.416 e. The summed E-state index contributed by atoms with van der Waals surface area (Å²) in [5.74, 6) is 0. The molecule has 0 spiro atoms. The summed E-state index contributed by atoms with van der Waals surface area (Å²) >= 11 is 1.56. The molecule has 1 N–H and O–H groups in total. The zero-order valence-corrected chi connectivity index (χ0v) is 12.5. The van der Waals surface area contributed by atoms with E-state index in [0.29, 0.717) is 0 Å². The summed E-state index contributed by atoms with van der Waals surface area (Å²) in [4.78, 5) is 5.15. The highest BCUT2D eigenvalue weighted by molar-refractivity contribution is 7.09. The van der Waals surface area contributed by atoms with Gasteiger partial charge in [-0.2, -0.15) is 13.2 Å². The number of nitrogens with one attached hydrogen (secondary N) is 1. The fraction of sp³-hybridized carbons (Fsp3) is 0.400. The SMILES string of the molecule is CCCNC(Cc1cncs1)c1ccc(C(F)(F)F)cc1. The maximum absolute atomic E-state index is 12.6. The monoisotopic (exact) mass is 314 g/mol. The lowest BCUT2D eigenvalue weighted by Crippen LogP contribution is -2.24. The molecule has 0 bridgehead atoms. The van der Waals surface area contributed by atoms with Gasteiger partial charge in [0.15, 0.2) is 0 Å². The van der Waals surface area contributed by atoms with Gasteiger partial charge in [-0.3, -0.25) is 4.98 Å². The van der Waals surface area contributed by atoms with E-state index in [1.165, 1.54) is 0 Å². The van der Waals surface area contributed by atoms with Crippen LogP contribution in [-0.2, 0) is 12.6 Å².